The van der Waals surface area contributed by atoms with Crippen molar-refractivity contribution in [1.82, 2.24) is 0 Å². The second kappa shape index (κ2) is 13.5. The van der Waals surface area contributed by atoms with Gasteiger partial charge in [-0.3, -0.25) is 0 Å². The Bertz CT molecular complexity index is 1630. The summed E-state index contributed by atoms with van der Waals surface area (Å²) >= 11 is -2.54. The fourth-order valence-corrected chi connectivity index (χ4v) is 18.3. The van der Waals surface area contributed by atoms with Crippen LogP contribution in [0.15, 0.2) is 80.8 Å². The summed E-state index contributed by atoms with van der Waals surface area (Å²) in [6.07, 6.45) is 2.66. The van der Waals surface area contributed by atoms with Crippen molar-refractivity contribution in [2.24, 2.45) is 5.92 Å². The number of benzene rings is 3. The maximum absolute atomic E-state index is 2.81. The van der Waals surface area contributed by atoms with Crippen LogP contribution >= 0.6 is 0 Å². The molecule has 2 aliphatic carbocycles. The summed E-state index contributed by atoms with van der Waals surface area (Å²) in [7, 11) is -1.46. The van der Waals surface area contributed by atoms with Crippen molar-refractivity contribution in [3.8, 4) is 11.1 Å². The van der Waals surface area contributed by atoms with Crippen LogP contribution in [0.4, 0.5) is 0 Å². The summed E-state index contributed by atoms with van der Waals surface area (Å²) in [6, 6.07) is 24.6. The standard InChI is InChI=1S/C21H25.C11H14.C10H17Si.2ClH.Zr/c1-20(2,3)16-9-7-14-11-15-8-10-17(21(4,5)6)13-19(15)18(14)12-16;1-9-5-7-10(8-6-9)11(2,3)4;1-8-6-9(2)10(7-8)11(3,4)5;;;/h7-13H,1-6H3;1,5-8H,2-4H3;7-8H,1-5H3;2*1H;/q;;;;;+2/p-2. The summed E-state index contributed by atoms with van der Waals surface area (Å²) in [6.45, 7) is 33.6. The molecule has 0 aromatic heterocycles. The zero-order chi connectivity index (χ0) is 32.6. The summed E-state index contributed by atoms with van der Waals surface area (Å²) in [5, 5.41) is 1.69. The van der Waals surface area contributed by atoms with E-state index in [1.54, 1.807) is 21.9 Å². The Balaban J connectivity index is 0.00000288. The van der Waals surface area contributed by atoms with Crippen LogP contribution in [-0.4, -0.2) is 11.8 Å². The fraction of sp³-hybridized carbons (Fsp3) is 0.452. The largest absolute Gasteiger partial charge is 1.00 e. The van der Waals surface area contributed by atoms with Gasteiger partial charge in [-0.1, -0.05) is 0 Å². The van der Waals surface area contributed by atoms with E-state index in [4.69, 9.17) is 0 Å². The predicted molar refractivity (Wildman–Crippen MR) is 195 cm³/mol. The molecule has 0 nitrogen and oxygen atoms in total. The van der Waals surface area contributed by atoms with Crippen molar-refractivity contribution in [3.63, 3.8) is 0 Å². The topological polar surface area (TPSA) is 0 Å². The van der Waals surface area contributed by atoms with Crippen molar-refractivity contribution in [3.05, 3.63) is 114 Å². The van der Waals surface area contributed by atoms with Gasteiger partial charge in [0.05, 0.1) is 0 Å². The van der Waals surface area contributed by atoms with E-state index < -0.39 is 29.3 Å². The Labute approximate surface area is 302 Å². The molecular formula is C42H56Cl2SiZr. The van der Waals surface area contributed by atoms with Gasteiger partial charge >= 0.3 is 280 Å². The van der Waals surface area contributed by atoms with Gasteiger partial charge in [-0.05, 0) is 0 Å². The Morgan fingerprint density at radius 2 is 1.04 bits per heavy atom. The molecule has 0 aliphatic heterocycles. The van der Waals surface area contributed by atoms with Gasteiger partial charge in [-0.25, -0.2) is 0 Å². The first-order chi connectivity index (χ1) is 20.2. The maximum atomic E-state index is 2.81. The zero-order valence-corrected chi connectivity index (χ0v) is 35.8. The van der Waals surface area contributed by atoms with Crippen LogP contribution in [0.2, 0.25) is 19.6 Å². The smallest absolute Gasteiger partial charge is 1.00 e. The molecule has 0 saturated carbocycles. The molecule has 0 fully saturated rings. The molecule has 0 bridgehead atoms. The molecule has 3 aromatic rings. The first-order valence-electron chi connectivity index (χ1n) is 16.7. The molecule has 46 heavy (non-hydrogen) atoms. The minimum atomic E-state index is -2.54. The maximum Gasteiger partial charge on any atom is -1.00 e. The molecule has 5 rings (SSSR count). The average molecular weight is 751 g/mol. The number of rotatable bonds is 4. The Morgan fingerprint density at radius 1 is 0.630 bits per heavy atom. The monoisotopic (exact) mass is 748 g/mol. The first kappa shape index (κ1) is 39.1. The van der Waals surface area contributed by atoms with Gasteiger partial charge in [-0.15, -0.1) is 0 Å². The summed E-state index contributed by atoms with van der Waals surface area (Å²) < 4.78 is 5.10. The van der Waals surface area contributed by atoms with Crippen LogP contribution in [0.1, 0.15) is 113 Å². The van der Waals surface area contributed by atoms with Gasteiger partial charge in [0.15, 0.2) is 0 Å². The van der Waals surface area contributed by atoms with Gasteiger partial charge in [0.2, 0.25) is 0 Å². The molecule has 3 aromatic carbocycles. The summed E-state index contributed by atoms with van der Waals surface area (Å²) in [4.78, 5) is 0. The van der Waals surface area contributed by atoms with Crippen LogP contribution in [0, 0.1) is 5.92 Å². The number of fused-ring (bicyclic) bond motifs is 3. The third kappa shape index (κ3) is 7.62. The number of hydrogen-bond donors (Lipinski definition) is 0. The molecule has 0 N–H and O–H groups in total. The Kier molecular flexibility index (Phi) is 11.5. The zero-order valence-electron chi connectivity index (χ0n) is 30.8. The van der Waals surface area contributed by atoms with Gasteiger partial charge < -0.3 is 24.8 Å². The van der Waals surface area contributed by atoms with Crippen LogP contribution < -0.4 is 24.8 Å². The molecule has 0 heterocycles. The van der Waals surface area contributed by atoms with Gasteiger partial charge in [-0.2, -0.15) is 0 Å². The molecule has 0 spiro atoms. The van der Waals surface area contributed by atoms with Crippen molar-refractivity contribution in [1.29, 1.82) is 0 Å². The van der Waals surface area contributed by atoms with E-state index >= 15 is 0 Å². The third-order valence-corrected chi connectivity index (χ3v) is 20.3. The minimum Gasteiger partial charge on any atom is -1.00 e. The Morgan fingerprint density at radius 3 is 1.41 bits per heavy atom. The molecule has 2 aliphatic rings. The van der Waals surface area contributed by atoms with E-state index in [0.717, 1.165) is 0 Å². The van der Waals surface area contributed by atoms with E-state index in [2.05, 4.69) is 166 Å². The minimum absolute atomic E-state index is 0. The number of hydrogen-bond acceptors (Lipinski definition) is 0. The predicted octanol–water partition coefficient (Wildman–Crippen LogP) is 5.85. The fourth-order valence-electron chi connectivity index (χ4n) is 7.33. The normalized spacial score (nSPS) is 16.9. The van der Waals surface area contributed by atoms with Crippen LogP contribution in [-0.2, 0) is 37.5 Å². The van der Waals surface area contributed by atoms with Crippen molar-refractivity contribution in [2.75, 3.05) is 0 Å². The van der Waals surface area contributed by atoms with E-state index in [1.165, 1.54) is 33.4 Å². The molecule has 0 saturated heterocycles. The summed E-state index contributed by atoms with van der Waals surface area (Å²) in [5.41, 5.74) is 13.8. The van der Waals surface area contributed by atoms with Crippen molar-refractivity contribution < 1.29 is 46.1 Å². The van der Waals surface area contributed by atoms with E-state index in [0.29, 0.717) is 9.54 Å². The first-order valence-corrected chi connectivity index (χ1v) is 24.3. The molecule has 0 radical (unpaired) electrons. The summed E-state index contributed by atoms with van der Waals surface area (Å²) in [5.74, 6) is 0.520. The van der Waals surface area contributed by atoms with Crippen LogP contribution in [0.3, 0.4) is 0 Å². The van der Waals surface area contributed by atoms with Gasteiger partial charge in [0, 0.05) is 0 Å². The molecular weight excluding hydrogens is 695 g/mol. The second-order valence-electron chi connectivity index (χ2n) is 17.7. The van der Waals surface area contributed by atoms with Crippen molar-refractivity contribution >= 4 is 11.8 Å². The second-order valence-corrected chi connectivity index (χ2v) is 28.4. The van der Waals surface area contributed by atoms with Gasteiger partial charge in [0.25, 0.3) is 0 Å². The van der Waals surface area contributed by atoms with Crippen LogP contribution in [0.25, 0.3) is 11.1 Å². The quantitative estimate of drug-likeness (QED) is 0.294. The number of halogens is 2. The molecule has 0 amide bonds. The Hall–Kier alpha value is -1.31. The SMILES string of the molecule is CC1=[C](/[Zr+2](=[CH]/c2ccc(C(C)(C)C)cc2)[CH]2c3ccc(C(C)(C)C)cc3-c3cc(C(C)(C)C)ccc32)C(C)C=C1[Si](C)(C)C.[Cl-].[Cl-]. The molecule has 1 atom stereocenters. The van der Waals surface area contributed by atoms with Crippen LogP contribution in [0.5, 0.6) is 0 Å². The van der Waals surface area contributed by atoms with Gasteiger partial charge in [0.1, 0.15) is 0 Å². The van der Waals surface area contributed by atoms with E-state index in [1.807, 2.05) is 3.28 Å². The van der Waals surface area contributed by atoms with E-state index in [-0.39, 0.29) is 41.1 Å². The molecule has 4 heteroatoms. The molecule has 1 unspecified atom stereocenters. The molecule has 246 valence electrons. The van der Waals surface area contributed by atoms with Crippen molar-refractivity contribution in [2.45, 2.75) is 116 Å². The average Bonchev–Trinajstić information content (AvgIpc) is 3.39. The van der Waals surface area contributed by atoms with E-state index in [9.17, 15) is 0 Å². The third-order valence-electron chi connectivity index (χ3n) is 9.96. The number of allylic oxidation sites excluding steroid dienone is 4.